The molecule has 3 aliphatic rings. The molecule has 0 radical (unpaired) electrons. The van der Waals surface area contributed by atoms with E-state index in [1.807, 2.05) is 0 Å². The van der Waals surface area contributed by atoms with Gasteiger partial charge in [0, 0.05) is 19.5 Å². The van der Waals surface area contributed by atoms with Crippen LogP contribution in [-0.2, 0) is 4.79 Å². The monoisotopic (exact) mass is 264 g/mol. The molecule has 1 aliphatic heterocycles. The molecule has 2 N–H and O–H groups in total. The lowest BCUT2D eigenvalue weighted by molar-refractivity contribution is -0.134. The summed E-state index contributed by atoms with van der Waals surface area (Å²) in [4.78, 5) is 14.6. The first-order valence-corrected chi connectivity index (χ1v) is 7.96. The Bertz CT molecular complexity index is 357. The number of rotatable bonds is 3. The van der Waals surface area contributed by atoms with E-state index in [-0.39, 0.29) is 5.41 Å². The maximum Gasteiger partial charge on any atom is 0.223 e. The molecule has 0 spiro atoms. The third-order valence-corrected chi connectivity index (χ3v) is 6.35. The van der Waals surface area contributed by atoms with Crippen molar-refractivity contribution in [3.8, 4) is 0 Å². The van der Waals surface area contributed by atoms with Crippen LogP contribution in [0.4, 0.5) is 0 Å². The topological polar surface area (TPSA) is 46.3 Å². The maximum atomic E-state index is 12.5. The summed E-state index contributed by atoms with van der Waals surface area (Å²) < 4.78 is 0. The van der Waals surface area contributed by atoms with Gasteiger partial charge in [-0.2, -0.15) is 0 Å². The summed E-state index contributed by atoms with van der Waals surface area (Å²) in [6, 6.07) is 0. The fourth-order valence-corrected chi connectivity index (χ4v) is 4.52. The molecule has 2 unspecified atom stereocenters. The first kappa shape index (κ1) is 13.4. The minimum absolute atomic E-state index is 0.123. The highest BCUT2D eigenvalue weighted by Gasteiger charge is 2.62. The van der Waals surface area contributed by atoms with Gasteiger partial charge in [0.05, 0.1) is 0 Å². The summed E-state index contributed by atoms with van der Waals surface area (Å²) in [5, 5.41) is 0. The second-order valence-electron chi connectivity index (χ2n) is 7.77. The van der Waals surface area contributed by atoms with Gasteiger partial charge >= 0.3 is 0 Å². The van der Waals surface area contributed by atoms with Crippen molar-refractivity contribution in [3.63, 3.8) is 0 Å². The summed E-state index contributed by atoms with van der Waals surface area (Å²) in [6.07, 6.45) is 6.83. The molecule has 0 aromatic rings. The molecule has 19 heavy (non-hydrogen) atoms. The van der Waals surface area contributed by atoms with Crippen molar-refractivity contribution in [1.29, 1.82) is 0 Å². The zero-order valence-corrected chi connectivity index (χ0v) is 12.5. The number of likely N-dealkylation sites (tertiary alicyclic amines) is 1. The first-order chi connectivity index (χ1) is 8.98. The highest BCUT2D eigenvalue weighted by molar-refractivity contribution is 5.77. The molecule has 1 saturated heterocycles. The molecule has 2 saturated carbocycles. The lowest BCUT2D eigenvalue weighted by atomic mass is 9.71. The van der Waals surface area contributed by atoms with Gasteiger partial charge in [-0.3, -0.25) is 4.79 Å². The van der Waals surface area contributed by atoms with Gasteiger partial charge in [0.25, 0.3) is 0 Å². The van der Waals surface area contributed by atoms with Gasteiger partial charge < -0.3 is 10.6 Å². The van der Waals surface area contributed by atoms with Gasteiger partial charge in [-0.15, -0.1) is 0 Å². The predicted molar refractivity (Wildman–Crippen MR) is 76.5 cm³/mol. The highest BCUT2D eigenvalue weighted by atomic mass is 16.2. The van der Waals surface area contributed by atoms with Gasteiger partial charge in [0.15, 0.2) is 0 Å². The van der Waals surface area contributed by atoms with E-state index in [1.54, 1.807) is 0 Å². The third-order valence-electron chi connectivity index (χ3n) is 6.35. The van der Waals surface area contributed by atoms with E-state index in [4.69, 9.17) is 5.73 Å². The average molecular weight is 264 g/mol. The summed E-state index contributed by atoms with van der Waals surface area (Å²) in [5.74, 6) is 1.89. The van der Waals surface area contributed by atoms with Crippen molar-refractivity contribution < 1.29 is 4.79 Å². The van der Waals surface area contributed by atoms with Gasteiger partial charge in [0.2, 0.25) is 5.91 Å². The van der Waals surface area contributed by atoms with Crippen molar-refractivity contribution in [2.75, 3.05) is 19.6 Å². The van der Waals surface area contributed by atoms with E-state index in [0.29, 0.717) is 24.3 Å². The van der Waals surface area contributed by atoms with Crippen LogP contribution in [0.5, 0.6) is 0 Å². The van der Waals surface area contributed by atoms with Gasteiger partial charge in [-0.05, 0) is 42.1 Å². The summed E-state index contributed by atoms with van der Waals surface area (Å²) in [5.41, 5.74) is 6.61. The first-order valence-electron chi connectivity index (χ1n) is 7.96. The van der Waals surface area contributed by atoms with Crippen LogP contribution in [-0.4, -0.2) is 30.4 Å². The van der Waals surface area contributed by atoms with E-state index in [0.717, 1.165) is 37.8 Å². The van der Waals surface area contributed by atoms with Crippen molar-refractivity contribution in [3.05, 3.63) is 0 Å². The number of carbonyl (C=O) groups is 1. The summed E-state index contributed by atoms with van der Waals surface area (Å²) >= 11 is 0. The Morgan fingerprint density at radius 2 is 1.74 bits per heavy atom. The number of carbonyl (C=O) groups excluding carboxylic acids is 1. The second kappa shape index (κ2) is 4.47. The number of piperidine rings is 1. The van der Waals surface area contributed by atoms with Crippen LogP contribution < -0.4 is 5.73 Å². The number of nitrogens with zero attached hydrogens (tertiary/aromatic N) is 1. The van der Waals surface area contributed by atoms with Crippen LogP contribution in [0, 0.1) is 22.7 Å². The van der Waals surface area contributed by atoms with Crippen LogP contribution in [0.2, 0.25) is 0 Å². The largest absolute Gasteiger partial charge is 0.342 e. The van der Waals surface area contributed by atoms with E-state index in [9.17, 15) is 4.79 Å². The zero-order valence-electron chi connectivity index (χ0n) is 12.5. The molecular formula is C16H28N2O. The molecule has 2 aliphatic carbocycles. The quantitative estimate of drug-likeness (QED) is 0.851. The average Bonchev–Trinajstić information content (AvgIpc) is 2.81. The van der Waals surface area contributed by atoms with Crippen LogP contribution in [0.15, 0.2) is 0 Å². The Balaban J connectivity index is 1.57. The van der Waals surface area contributed by atoms with Crippen molar-refractivity contribution in [1.82, 2.24) is 4.90 Å². The van der Waals surface area contributed by atoms with Crippen molar-refractivity contribution in [2.24, 2.45) is 28.4 Å². The fourth-order valence-electron chi connectivity index (χ4n) is 4.52. The lowest BCUT2D eigenvalue weighted by Gasteiger charge is -2.37. The molecular weight excluding hydrogens is 236 g/mol. The number of fused-ring (bicyclic) bond motifs is 1. The molecule has 0 aromatic carbocycles. The van der Waals surface area contributed by atoms with Gasteiger partial charge in [-0.1, -0.05) is 33.1 Å². The highest BCUT2D eigenvalue weighted by Crippen LogP contribution is 2.62. The van der Waals surface area contributed by atoms with Crippen LogP contribution in [0.3, 0.4) is 0 Å². The van der Waals surface area contributed by atoms with E-state index < -0.39 is 0 Å². The molecule has 1 amide bonds. The van der Waals surface area contributed by atoms with Crippen LogP contribution in [0.25, 0.3) is 0 Å². The normalized spacial score (nSPS) is 35.0. The molecule has 0 aromatic heterocycles. The maximum absolute atomic E-state index is 12.5. The Morgan fingerprint density at radius 3 is 2.26 bits per heavy atom. The van der Waals surface area contributed by atoms with Gasteiger partial charge in [-0.25, -0.2) is 0 Å². The van der Waals surface area contributed by atoms with E-state index >= 15 is 0 Å². The second-order valence-corrected chi connectivity index (χ2v) is 7.77. The zero-order chi connectivity index (χ0) is 13.7. The van der Waals surface area contributed by atoms with Gasteiger partial charge in [0.1, 0.15) is 0 Å². The summed E-state index contributed by atoms with van der Waals surface area (Å²) in [7, 11) is 0. The molecule has 3 fully saturated rings. The fraction of sp³-hybridized carbons (Fsp3) is 0.938. The van der Waals surface area contributed by atoms with Crippen LogP contribution >= 0.6 is 0 Å². The predicted octanol–water partition coefficient (Wildman–Crippen LogP) is 2.40. The minimum atomic E-state index is 0.123. The number of hydrogen-bond donors (Lipinski definition) is 1. The number of hydrogen-bond acceptors (Lipinski definition) is 2. The van der Waals surface area contributed by atoms with E-state index in [2.05, 4.69) is 18.7 Å². The van der Waals surface area contributed by atoms with E-state index in [1.165, 1.54) is 19.3 Å². The Morgan fingerprint density at radius 1 is 1.16 bits per heavy atom. The number of amides is 1. The third kappa shape index (κ3) is 2.20. The Hall–Kier alpha value is -0.570. The van der Waals surface area contributed by atoms with Crippen molar-refractivity contribution in [2.45, 2.75) is 52.4 Å². The molecule has 108 valence electrons. The summed E-state index contributed by atoms with van der Waals surface area (Å²) in [6.45, 7) is 7.36. The Kier molecular flexibility index (Phi) is 3.16. The standard InChI is InChI=1S/C16H28N2O/c1-15(2)12-9-18(10-13(12)15)14(19)8-16(11-17)6-4-3-5-7-16/h12-13H,3-11,17H2,1-2H3. The van der Waals surface area contributed by atoms with Crippen molar-refractivity contribution >= 4 is 5.91 Å². The Labute approximate surface area is 116 Å². The molecule has 3 nitrogen and oxygen atoms in total. The SMILES string of the molecule is CC1(C)C2CN(C(=O)CC3(CN)CCCCC3)CC21. The number of nitrogens with two attached hydrogens (primary N) is 1. The minimum Gasteiger partial charge on any atom is -0.342 e. The molecule has 0 bridgehead atoms. The molecule has 2 atom stereocenters. The lowest BCUT2D eigenvalue weighted by Crippen LogP contribution is -2.41. The molecule has 3 rings (SSSR count). The van der Waals surface area contributed by atoms with Crippen LogP contribution in [0.1, 0.15) is 52.4 Å². The molecule has 3 heteroatoms. The molecule has 1 heterocycles. The smallest absolute Gasteiger partial charge is 0.223 e.